The molecule has 0 aliphatic heterocycles. The van der Waals surface area contributed by atoms with Crippen LogP contribution in [0.4, 0.5) is 0 Å². The van der Waals surface area contributed by atoms with Crippen LogP contribution in [0.5, 0.6) is 0 Å². The molecule has 0 atom stereocenters. The van der Waals surface area contributed by atoms with Crippen molar-refractivity contribution in [3.63, 3.8) is 0 Å². The van der Waals surface area contributed by atoms with Gasteiger partial charge >= 0.3 is 0 Å². The second-order valence-electron chi connectivity index (χ2n) is 3.35. The molecule has 0 spiro atoms. The van der Waals surface area contributed by atoms with Crippen molar-refractivity contribution < 1.29 is 9.09 Å². The standard InChI is InChI=1S/C11H16ClO2P/c1-3-15(13,4-2)14-9-10-5-7-11(12)8-6-10/h5-8H,3-4,9H2,1-2H3. The fourth-order valence-electron chi connectivity index (χ4n) is 1.18. The van der Waals surface area contributed by atoms with E-state index in [9.17, 15) is 4.57 Å². The topological polar surface area (TPSA) is 26.3 Å². The largest absolute Gasteiger partial charge is 0.324 e. The summed E-state index contributed by atoms with van der Waals surface area (Å²) in [6.07, 6.45) is 1.19. The molecular formula is C11H16ClO2P. The normalized spacial score (nSPS) is 11.7. The molecule has 0 bridgehead atoms. The first-order valence-electron chi connectivity index (χ1n) is 5.06. The van der Waals surface area contributed by atoms with Crippen LogP contribution in [0.1, 0.15) is 19.4 Å². The molecule has 0 fully saturated rings. The Morgan fingerprint density at radius 1 is 1.20 bits per heavy atom. The van der Waals surface area contributed by atoms with Gasteiger partial charge in [-0.25, -0.2) is 0 Å². The first-order chi connectivity index (χ1) is 7.09. The van der Waals surface area contributed by atoms with E-state index in [0.717, 1.165) is 5.56 Å². The van der Waals surface area contributed by atoms with E-state index in [1.165, 1.54) is 0 Å². The first kappa shape index (κ1) is 12.8. The molecule has 1 aromatic carbocycles. The zero-order valence-corrected chi connectivity index (χ0v) is 10.7. The molecule has 2 nitrogen and oxygen atoms in total. The lowest BCUT2D eigenvalue weighted by molar-refractivity contribution is 0.304. The molecule has 0 aliphatic rings. The average molecular weight is 247 g/mol. The van der Waals surface area contributed by atoms with Crippen molar-refractivity contribution in [1.29, 1.82) is 0 Å². The Hall–Kier alpha value is -0.300. The molecule has 0 heterocycles. The predicted molar refractivity (Wildman–Crippen MR) is 64.9 cm³/mol. The third kappa shape index (κ3) is 3.98. The second kappa shape index (κ2) is 5.69. The van der Waals surface area contributed by atoms with Crippen LogP contribution in [0.2, 0.25) is 5.02 Å². The van der Waals surface area contributed by atoms with Gasteiger partial charge in [0, 0.05) is 17.3 Å². The van der Waals surface area contributed by atoms with Gasteiger partial charge in [-0.15, -0.1) is 0 Å². The Morgan fingerprint density at radius 2 is 1.73 bits per heavy atom. The minimum atomic E-state index is -2.39. The molecule has 4 heteroatoms. The lowest BCUT2D eigenvalue weighted by Gasteiger charge is -2.14. The maximum Gasteiger partial charge on any atom is 0.202 e. The van der Waals surface area contributed by atoms with Crippen molar-refractivity contribution in [3.05, 3.63) is 34.9 Å². The van der Waals surface area contributed by atoms with Gasteiger partial charge in [0.05, 0.1) is 6.61 Å². The fourth-order valence-corrected chi connectivity index (χ4v) is 2.50. The molecule has 0 unspecified atom stereocenters. The Bertz CT molecular complexity index is 340. The van der Waals surface area contributed by atoms with Gasteiger partial charge in [-0.2, -0.15) is 0 Å². The molecule has 0 amide bonds. The SMILES string of the molecule is CCP(=O)(CC)OCc1ccc(Cl)cc1. The summed E-state index contributed by atoms with van der Waals surface area (Å²) < 4.78 is 17.4. The van der Waals surface area contributed by atoms with E-state index in [-0.39, 0.29) is 0 Å². The lowest BCUT2D eigenvalue weighted by atomic mass is 10.2. The highest BCUT2D eigenvalue weighted by atomic mass is 35.5. The number of hydrogen-bond donors (Lipinski definition) is 0. The summed E-state index contributed by atoms with van der Waals surface area (Å²) in [6.45, 7) is 4.19. The van der Waals surface area contributed by atoms with Crippen LogP contribution in [-0.2, 0) is 15.7 Å². The zero-order valence-electron chi connectivity index (χ0n) is 9.07. The van der Waals surface area contributed by atoms with Gasteiger partial charge in [0.25, 0.3) is 0 Å². The summed E-state index contributed by atoms with van der Waals surface area (Å²) in [4.78, 5) is 0. The van der Waals surface area contributed by atoms with Crippen LogP contribution in [-0.4, -0.2) is 12.3 Å². The smallest absolute Gasteiger partial charge is 0.202 e. The van der Waals surface area contributed by atoms with Gasteiger partial charge in [-0.3, -0.25) is 4.57 Å². The summed E-state index contributed by atoms with van der Waals surface area (Å²) in [7, 11) is -2.39. The Kier molecular flexibility index (Phi) is 4.85. The third-order valence-electron chi connectivity index (χ3n) is 2.34. The minimum Gasteiger partial charge on any atom is -0.324 e. The Labute approximate surface area is 96.0 Å². The number of rotatable bonds is 5. The summed E-state index contributed by atoms with van der Waals surface area (Å²) in [5.74, 6) is 0. The van der Waals surface area contributed by atoms with Gasteiger partial charge in [-0.05, 0) is 17.7 Å². The predicted octanol–water partition coefficient (Wildman–Crippen LogP) is 4.17. The van der Waals surface area contributed by atoms with Crippen molar-refractivity contribution in [1.82, 2.24) is 0 Å². The summed E-state index contributed by atoms with van der Waals surface area (Å²) in [6, 6.07) is 7.39. The quantitative estimate of drug-likeness (QED) is 0.729. The average Bonchev–Trinajstić information content (AvgIpc) is 2.28. The molecule has 1 rings (SSSR count). The van der Waals surface area contributed by atoms with Crippen molar-refractivity contribution in [2.75, 3.05) is 12.3 Å². The van der Waals surface area contributed by atoms with Crippen molar-refractivity contribution >= 4 is 19.0 Å². The van der Waals surface area contributed by atoms with E-state index in [2.05, 4.69) is 0 Å². The van der Waals surface area contributed by atoms with Crippen LogP contribution in [0.3, 0.4) is 0 Å². The van der Waals surface area contributed by atoms with E-state index >= 15 is 0 Å². The van der Waals surface area contributed by atoms with Crippen molar-refractivity contribution in [2.45, 2.75) is 20.5 Å². The lowest BCUT2D eigenvalue weighted by Crippen LogP contribution is -1.96. The molecule has 0 N–H and O–H groups in total. The second-order valence-corrected chi connectivity index (χ2v) is 6.94. The first-order valence-corrected chi connectivity index (χ1v) is 7.44. The van der Waals surface area contributed by atoms with Crippen LogP contribution in [0, 0.1) is 0 Å². The van der Waals surface area contributed by atoms with Crippen LogP contribution < -0.4 is 0 Å². The molecule has 15 heavy (non-hydrogen) atoms. The monoisotopic (exact) mass is 246 g/mol. The van der Waals surface area contributed by atoms with Crippen LogP contribution in [0.15, 0.2) is 24.3 Å². The highest BCUT2D eigenvalue weighted by molar-refractivity contribution is 7.58. The minimum absolute atomic E-state index is 0.399. The number of benzene rings is 1. The molecule has 0 aromatic heterocycles. The highest BCUT2D eigenvalue weighted by Gasteiger charge is 2.17. The molecule has 0 saturated carbocycles. The van der Waals surface area contributed by atoms with Crippen molar-refractivity contribution in [2.24, 2.45) is 0 Å². The van der Waals surface area contributed by atoms with Gasteiger partial charge in [0.15, 0.2) is 0 Å². The summed E-state index contributed by atoms with van der Waals surface area (Å²) in [5, 5.41) is 0.702. The van der Waals surface area contributed by atoms with E-state index in [1.54, 1.807) is 0 Å². The fraction of sp³-hybridized carbons (Fsp3) is 0.455. The van der Waals surface area contributed by atoms with E-state index in [4.69, 9.17) is 16.1 Å². The van der Waals surface area contributed by atoms with Crippen LogP contribution in [0.25, 0.3) is 0 Å². The number of halogens is 1. The zero-order chi connectivity index (χ0) is 11.3. The molecule has 84 valence electrons. The van der Waals surface area contributed by atoms with E-state index in [1.807, 2.05) is 38.1 Å². The molecule has 0 saturated heterocycles. The van der Waals surface area contributed by atoms with Gasteiger partial charge in [-0.1, -0.05) is 37.6 Å². The maximum absolute atomic E-state index is 11.9. The molecule has 0 radical (unpaired) electrons. The number of hydrogen-bond acceptors (Lipinski definition) is 2. The summed E-state index contributed by atoms with van der Waals surface area (Å²) in [5.41, 5.74) is 1.00. The van der Waals surface area contributed by atoms with Gasteiger partial charge < -0.3 is 4.52 Å². The highest BCUT2D eigenvalue weighted by Crippen LogP contribution is 2.46. The Morgan fingerprint density at radius 3 is 2.20 bits per heavy atom. The van der Waals surface area contributed by atoms with Gasteiger partial charge in [0.1, 0.15) is 0 Å². The molecule has 0 aliphatic carbocycles. The third-order valence-corrected chi connectivity index (χ3v) is 5.12. The maximum atomic E-state index is 11.9. The Balaban J connectivity index is 2.57. The van der Waals surface area contributed by atoms with Gasteiger partial charge in [0.2, 0.25) is 7.37 Å². The van der Waals surface area contributed by atoms with E-state index in [0.29, 0.717) is 24.0 Å². The molecule has 1 aromatic rings. The molecular weight excluding hydrogens is 231 g/mol. The van der Waals surface area contributed by atoms with Crippen LogP contribution >= 0.6 is 19.0 Å². The summed E-state index contributed by atoms with van der Waals surface area (Å²) >= 11 is 5.76. The van der Waals surface area contributed by atoms with Crippen molar-refractivity contribution in [3.8, 4) is 0 Å². The van der Waals surface area contributed by atoms with E-state index < -0.39 is 7.37 Å².